The van der Waals surface area contributed by atoms with E-state index in [2.05, 4.69) is 9.98 Å². The van der Waals surface area contributed by atoms with Crippen LogP contribution >= 0.6 is 11.6 Å². The number of hydrogen-bond donors (Lipinski definition) is 2. The average molecular weight is 303 g/mol. The number of nitrogens with zero attached hydrogens (tertiary/aromatic N) is 2. The Morgan fingerprint density at radius 2 is 2.05 bits per heavy atom. The number of anilines is 1. The molecule has 0 spiro atoms. The topological polar surface area (TPSA) is 86.5 Å². The molecule has 21 heavy (non-hydrogen) atoms. The molecule has 0 saturated carbocycles. The molecule has 2 rings (SSSR count). The molecule has 0 aliphatic carbocycles. The number of allylic oxidation sites excluding steroid dienone is 1. The predicted octanol–water partition coefficient (Wildman–Crippen LogP) is 3.11. The van der Waals surface area contributed by atoms with Gasteiger partial charge in [0, 0.05) is 43.0 Å². The number of halogens is 1. The van der Waals surface area contributed by atoms with Gasteiger partial charge in [-0.15, -0.1) is 0 Å². The number of rotatable bonds is 4. The third-order valence-corrected chi connectivity index (χ3v) is 2.96. The number of nitrogen functional groups attached to an aromatic ring is 1. The Bertz CT molecular complexity index is 681. The third kappa shape index (κ3) is 3.73. The molecule has 0 atom stereocenters. The monoisotopic (exact) mass is 302 g/mol. The van der Waals surface area contributed by atoms with Gasteiger partial charge in [-0.3, -0.25) is 9.98 Å². The van der Waals surface area contributed by atoms with Gasteiger partial charge in [-0.1, -0.05) is 11.6 Å². The van der Waals surface area contributed by atoms with E-state index in [1.165, 1.54) is 12.4 Å². The minimum atomic E-state index is 0.403. The fraction of sp³-hybridized carbons (Fsp3) is 0.0667. The van der Waals surface area contributed by atoms with Crippen LogP contribution in [0.25, 0.3) is 5.57 Å². The highest BCUT2D eigenvalue weighted by atomic mass is 35.5. The Labute approximate surface area is 127 Å². The number of aliphatic imine (C=N–C) groups is 1. The number of ether oxygens (including phenoxy) is 1. The van der Waals surface area contributed by atoms with E-state index in [1.807, 2.05) is 0 Å². The standard InChI is InChI=1S/C15H15ClN4O/c1-19-8-10(7-17)14-6-15(13(16)9-20-14)21-12-4-2-11(18)3-5-12/h2-9H,17-18H2,1H3. The number of pyridine rings is 1. The zero-order valence-electron chi connectivity index (χ0n) is 11.5. The first-order valence-electron chi connectivity index (χ1n) is 6.17. The number of nitrogens with two attached hydrogens (primary N) is 2. The van der Waals surface area contributed by atoms with E-state index in [1.54, 1.807) is 43.6 Å². The molecular formula is C15H15ClN4O. The zero-order chi connectivity index (χ0) is 15.2. The van der Waals surface area contributed by atoms with Crippen LogP contribution in [-0.4, -0.2) is 18.2 Å². The summed E-state index contributed by atoms with van der Waals surface area (Å²) >= 11 is 6.11. The molecule has 0 unspecified atom stereocenters. The Kier molecular flexibility index (Phi) is 4.79. The van der Waals surface area contributed by atoms with Crippen LogP contribution in [0.5, 0.6) is 11.5 Å². The summed E-state index contributed by atoms with van der Waals surface area (Å²) in [7, 11) is 1.66. The lowest BCUT2D eigenvalue weighted by Gasteiger charge is -2.09. The second kappa shape index (κ2) is 6.76. The van der Waals surface area contributed by atoms with Gasteiger partial charge in [0.05, 0.1) is 5.69 Å². The highest BCUT2D eigenvalue weighted by Gasteiger charge is 2.08. The summed E-state index contributed by atoms with van der Waals surface area (Å²) in [5.41, 5.74) is 13.2. The molecule has 1 aromatic carbocycles. The van der Waals surface area contributed by atoms with E-state index in [9.17, 15) is 0 Å². The molecule has 1 heterocycles. The molecule has 6 heteroatoms. The van der Waals surface area contributed by atoms with Gasteiger partial charge in [0.25, 0.3) is 0 Å². The van der Waals surface area contributed by atoms with Crippen molar-refractivity contribution in [1.82, 2.24) is 4.98 Å². The summed E-state index contributed by atoms with van der Waals surface area (Å²) in [4.78, 5) is 8.14. The molecule has 2 aromatic rings. The molecule has 0 aliphatic heterocycles. The fourth-order valence-electron chi connectivity index (χ4n) is 1.65. The molecule has 1 aromatic heterocycles. The minimum Gasteiger partial charge on any atom is -0.456 e. The van der Waals surface area contributed by atoms with E-state index in [0.29, 0.717) is 33.5 Å². The van der Waals surface area contributed by atoms with Crippen molar-refractivity contribution in [1.29, 1.82) is 0 Å². The molecular weight excluding hydrogens is 288 g/mol. The van der Waals surface area contributed by atoms with Gasteiger partial charge in [0.1, 0.15) is 16.5 Å². The zero-order valence-corrected chi connectivity index (χ0v) is 12.2. The summed E-state index contributed by atoms with van der Waals surface area (Å²) in [6.45, 7) is 0. The van der Waals surface area contributed by atoms with E-state index in [-0.39, 0.29) is 0 Å². The van der Waals surface area contributed by atoms with E-state index in [4.69, 9.17) is 27.8 Å². The Hall–Kier alpha value is -2.53. The van der Waals surface area contributed by atoms with Crippen LogP contribution in [0.2, 0.25) is 5.02 Å². The van der Waals surface area contributed by atoms with Gasteiger partial charge in [-0.05, 0) is 24.3 Å². The van der Waals surface area contributed by atoms with Crippen LogP contribution in [0.3, 0.4) is 0 Å². The highest BCUT2D eigenvalue weighted by molar-refractivity contribution is 6.32. The normalized spacial score (nSPS) is 11.8. The maximum Gasteiger partial charge on any atom is 0.149 e. The van der Waals surface area contributed by atoms with Gasteiger partial charge in [-0.2, -0.15) is 0 Å². The van der Waals surface area contributed by atoms with Crippen molar-refractivity contribution >= 4 is 29.1 Å². The molecule has 0 aliphatic rings. The highest BCUT2D eigenvalue weighted by Crippen LogP contribution is 2.30. The quantitative estimate of drug-likeness (QED) is 0.671. The lowest BCUT2D eigenvalue weighted by Crippen LogP contribution is -1.96. The fourth-order valence-corrected chi connectivity index (χ4v) is 1.79. The van der Waals surface area contributed by atoms with Crippen LogP contribution < -0.4 is 16.2 Å². The first-order valence-corrected chi connectivity index (χ1v) is 6.55. The van der Waals surface area contributed by atoms with Gasteiger partial charge < -0.3 is 16.2 Å². The smallest absolute Gasteiger partial charge is 0.149 e. The van der Waals surface area contributed by atoms with E-state index in [0.717, 1.165) is 0 Å². The van der Waals surface area contributed by atoms with Crippen molar-refractivity contribution in [3.63, 3.8) is 0 Å². The first-order chi connectivity index (χ1) is 10.1. The number of aromatic nitrogens is 1. The summed E-state index contributed by atoms with van der Waals surface area (Å²) in [6, 6.07) is 8.73. The Morgan fingerprint density at radius 3 is 2.67 bits per heavy atom. The van der Waals surface area contributed by atoms with E-state index >= 15 is 0 Å². The second-order valence-corrected chi connectivity index (χ2v) is 4.59. The van der Waals surface area contributed by atoms with Crippen molar-refractivity contribution < 1.29 is 4.74 Å². The van der Waals surface area contributed by atoms with Crippen LogP contribution in [0, 0.1) is 0 Å². The minimum absolute atomic E-state index is 0.403. The summed E-state index contributed by atoms with van der Waals surface area (Å²) in [5.74, 6) is 1.11. The SMILES string of the molecule is CN=CC(=CN)c1cc(Oc2ccc(N)cc2)c(Cl)cn1. The second-order valence-electron chi connectivity index (χ2n) is 4.18. The molecule has 5 nitrogen and oxygen atoms in total. The summed E-state index contributed by atoms with van der Waals surface area (Å²) in [5, 5.41) is 0.403. The molecule has 4 N–H and O–H groups in total. The molecule has 0 saturated heterocycles. The average Bonchev–Trinajstić information content (AvgIpc) is 2.49. The van der Waals surface area contributed by atoms with Crippen molar-refractivity contribution in [2.75, 3.05) is 12.8 Å². The summed E-state index contributed by atoms with van der Waals surface area (Å²) in [6.07, 6.45) is 4.55. The van der Waals surface area contributed by atoms with Gasteiger partial charge in [0.2, 0.25) is 0 Å². The van der Waals surface area contributed by atoms with Crippen LogP contribution in [0.1, 0.15) is 5.69 Å². The lowest BCUT2D eigenvalue weighted by molar-refractivity contribution is 0.482. The van der Waals surface area contributed by atoms with Crippen molar-refractivity contribution in [3.8, 4) is 11.5 Å². The van der Waals surface area contributed by atoms with Crippen molar-refractivity contribution in [3.05, 3.63) is 53.4 Å². The Balaban J connectivity index is 2.33. The lowest BCUT2D eigenvalue weighted by atomic mass is 10.2. The van der Waals surface area contributed by atoms with Gasteiger partial charge in [-0.25, -0.2) is 0 Å². The van der Waals surface area contributed by atoms with Crippen molar-refractivity contribution in [2.24, 2.45) is 10.7 Å². The number of hydrogen-bond acceptors (Lipinski definition) is 5. The van der Waals surface area contributed by atoms with E-state index < -0.39 is 0 Å². The maximum absolute atomic E-state index is 6.11. The molecule has 0 radical (unpaired) electrons. The van der Waals surface area contributed by atoms with Crippen LogP contribution in [0.4, 0.5) is 5.69 Å². The summed E-state index contributed by atoms with van der Waals surface area (Å²) < 4.78 is 5.74. The maximum atomic E-state index is 6.11. The third-order valence-electron chi connectivity index (χ3n) is 2.67. The van der Waals surface area contributed by atoms with Gasteiger partial charge in [0.15, 0.2) is 0 Å². The molecule has 108 valence electrons. The molecule has 0 amide bonds. The molecule has 0 bridgehead atoms. The number of benzene rings is 1. The van der Waals surface area contributed by atoms with Crippen LogP contribution in [-0.2, 0) is 0 Å². The molecule has 0 fully saturated rings. The first kappa shape index (κ1) is 14.9. The van der Waals surface area contributed by atoms with Crippen molar-refractivity contribution in [2.45, 2.75) is 0 Å². The predicted molar refractivity (Wildman–Crippen MR) is 86.8 cm³/mol. The van der Waals surface area contributed by atoms with Gasteiger partial charge >= 0.3 is 0 Å². The van der Waals surface area contributed by atoms with Crippen LogP contribution in [0.15, 0.2) is 47.7 Å². The Morgan fingerprint density at radius 1 is 1.33 bits per heavy atom. The largest absolute Gasteiger partial charge is 0.456 e.